The van der Waals surface area contributed by atoms with Crippen LogP contribution in [0.25, 0.3) is 10.9 Å². The summed E-state index contributed by atoms with van der Waals surface area (Å²) in [6.45, 7) is 2.83. The van der Waals surface area contributed by atoms with E-state index in [0.717, 1.165) is 27.6 Å². The van der Waals surface area contributed by atoms with Crippen molar-refractivity contribution >= 4 is 16.9 Å². The monoisotopic (exact) mass is 462 g/mol. The predicted octanol–water partition coefficient (Wildman–Crippen LogP) is 5.43. The Kier molecular flexibility index (Phi) is 6.36. The number of rotatable bonds is 6. The van der Waals surface area contributed by atoms with E-state index in [4.69, 9.17) is 4.74 Å². The molecule has 1 aliphatic heterocycles. The van der Waals surface area contributed by atoms with Crippen molar-refractivity contribution < 1.29 is 32.5 Å². The minimum absolute atomic E-state index is 0.124. The Balaban J connectivity index is 1.68. The first kappa shape index (κ1) is 23.1. The normalized spacial score (nSPS) is 19.7. The molecule has 2 N–H and O–H groups in total. The quantitative estimate of drug-likeness (QED) is 0.511. The van der Waals surface area contributed by atoms with Crippen LogP contribution in [0.15, 0.2) is 42.6 Å². The zero-order valence-corrected chi connectivity index (χ0v) is 18.3. The number of methoxy groups -OCH3 is 1. The molecule has 2 aromatic carbocycles. The second-order valence-corrected chi connectivity index (χ2v) is 8.26. The van der Waals surface area contributed by atoms with Crippen LogP contribution in [0.5, 0.6) is 5.75 Å². The van der Waals surface area contributed by atoms with E-state index in [1.807, 2.05) is 25.3 Å². The fourth-order valence-electron chi connectivity index (χ4n) is 4.65. The number of hydrogen-bond acceptors (Lipinski definition) is 4. The summed E-state index contributed by atoms with van der Waals surface area (Å²) in [5.41, 5.74) is 3.84. The molecule has 1 saturated heterocycles. The number of fused-ring (bicyclic) bond motifs is 1. The average Bonchev–Trinajstić information content (AvgIpc) is 3.26. The van der Waals surface area contributed by atoms with E-state index in [1.165, 1.54) is 12.1 Å². The molecule has 2 heterocycles. The number of piperidine rings is 1. The summed E-state index contributed by atoms with van der Waals surface area (Å²) in [6.07, 6.45) is -3.46. The van der Waals surface area contributed by atoms with Crippen LogP contribution in [0, 0.1) is 6.92 Å². The highest BCUT2D eigenvalue weighted by molar-refractivity contribution is 5.88. The van der Waals surface area contributed by atoms with Gasteiger partial charge in [0.05, 0.1) is 18.8 Å². The number of likely N-dealkylation sites (tertiary alicyclic amines) is 1. The van der Waals surface area contributed by atoms with Gasteiger partial charge in [0.15, 0.2) is 0 Å². The molecule has 2 atom stereocenters. The van der Waals surface area contributed by atoms with Gasteiger partial charge < -0.3 is 14.8 Å². The number of carboxylic acid groups (broad SMARTS) is 1. The number of aromatic carboxylic acids is 1. The topological polar surface area (TPSA) is 74.8 Å². The third kappa shape index (κ3) is 4.99. The number of nitrogens with zero attached hydrogens (tertiary/aromatic N) is 1. The fraction of sp³-hybridized carbons (Fsp3) is 0.375. The van der Waals surface area contributed by atoms with Crippen LogP contribution < -0.4 is 4.74 Å². The Morgan fingerprint density at radius 2 is 1.97 bits per heavy atom. The number of halogens is 3. The SMILES string of the molecule is COc1cc(C)c2[nH]ccc2c1CN1CC[C@@H](OC(F)(F)F)C[C@H]1c1ccc(C(=O)O)cc1. The van der Waals surface area contributed by atoms with Gasteiger partial charge in [-0.1, -0.05) is 12.1 Å². The van der Waals surface area contributed by atoms with Gasteiger partial charge in [-0.2, -0.15) is 0 Å². The molecule has 0 unspecified atom stereocenters. The first-order valence-corrected chi connectivity index (χ1v) is 10.6. The third-order valence-corrected chi connectivity index (χ3v) is 6.20. The van der Waals surface area contributed by atoms with Gasteiger partial charge in [0.1, 0.15) is 5.75 Å². The molecule has 0 bridgehead atoms. The summed E-state index contributed by atoms with van der Waals surface area (Å²) in [4.78, 5) is 16.6. The fourth-order valence-corrected chi connectivity index (χ4v) is 4.65. The standard InChI is InChI=1S/C24H25F3N2O4/c1-14-11-21(32-2)19(18-7-9-28-22(14)18)13-29-10-8-17(33-24(25,26)27)12-20(29)15-3-5-16(6-4-15)23(30)31/h3-7,9,11,17,20,28H,8,10,12-13H2,1-2H3,(H,30,31)/t17-,20+/m1/s1. The molecule has 0 radical (unpaired) electrons. The number of benzene rings is 2. The molecule has 33 heavy (non-hydrogen) atoms. The van der Waals surface area contributed by atoms with Crippen molar-refractivity contribution in [3.63, 3.8) is 0 Å². The molecule has 9 heteroatoms. The van der Waals surface area contributed by atoms with Crippen molar-refractivity contribution in [2.45, 2.75) is 44.8 Å². The Bertz CT molecular complexity index is 1140. The van der Waals surface area contributed by atoms with Gasteiger partial charge in [-0.25, -0.2) is 4.79 Å². The lowest BCUT2D eigenvalue weighted by Gasteiger charge is -2.40. The summed E-state index contributed by atoms with van der Waals surface area (Å²) < 4.78 is 48.7. The van der Waals surface area contributed by atoms with Gasteiger partial charge in [0.2, 0.25) is 0 Å². The Hall–Kier alpha value is -3.04. The number of aryl methyl sites for hydroxylation is 1. The van der Waals surface area contributed by atoms with Crippen molar-refractivity contribution in [1.82, 2.24) is 9.88 Å². The smallest absolute Gasteiger partial charge is 0.496 e. The van der Waals surface area contributed by atoms with Crippen molar-refractivity contribution in [3.05, 3.63) is 64.8 Å². The van der Waals surface area contributed by atoms with E-state index in [1.54, 1.807) is 19.2 Å². The van der Waals surface area contributed by atoms with Crippen LogP contribution in [0.2, 0.25) is 0 Å². The second kappa shape index (κ2) is 9.07. The molecule has 1 fully saturated rings. The number of carboxylic acids is 1. The Morgan fingerprint density at radius 1 is 1.24 bits per heavy atom. The summed E-state index contributed by atoms with van der Waals surface area (Å²) >= 11 is 0. The summed E-state index contributed by atoms with van der Waals surface area (Å²) in [5.74, 6) is -0.340. The molecule has 176 valence electrons. The van der Waals surface area contributed by atoms with Crippen molar-refractivity contribution in [3.8, 4) is 5.75 Å². The maximum Gasteiger partial charge on any atom is 0.522 e. The molecule has 0 amide bonds. The number of alkyl halides is 3. The van der Waals surface area contributed by atoms with Gasteiger partial charge in [0.25, 0.3) is 0 Å². The lowest BCUT2D eigenvalue weighted by molar-refractivity contribution is -0.347. The minimum atomic E-state index is -4.71. The van der Waals surface area contributed by atoms with Crippen LogP contribution in [-0.2, 0) is 11.3 Å². The first-order chi connectivity index (χ1) is 15.7. The molecule has 0 saturated carbocycles. The number of aromatic amines is 1. The highest BCUT2D eigenvalue weighted by Crippen LogP contribution is 2.39. The van der Waals surface area contributed by atoms with Crippen LogP contribution in [0.3, 0.4) is 0 Å². The van der Waals surface area contributed by atoms with Gasteiger partial charge in [-0.05, 0) is 55.2 Å². The molecule has 4 rings (SSSR count). The van der Waals surface area contributed by atoms with Crippen molar-refractivity contribution in [1.29, 1.82) is 0 Å². The number of hydrogen-bond donors (Lipinski definition) is 2. The van der Waals surface area contributed by atoms with E-state index < -0.39 is 18.4 Å². The lowest BCUT2D eigenvalue weighted by Crippen LogP contribution is -2.41. The third-order valence-electron chi connectivity index (χ3n) is 6.20. The van der Waals surface area contributed by atoms with Crippen LogP contribution >= 0.6 is 0 Å². The Morgan fingerprint density at radius 3 is 2.61 bits per heavy atom. The largest absolute Gasteiger partial charge is 0.522 e. The molecular formula is C24H25F3N2O4. The summed E-state index contributed by atoms with van der Waals surface area (Å²) in [7, 11) is 1.60. The highest BCUT2D eigenvalue weighted by Gasteiger charge is 2.38. The minimum Gasteiger partial charge on any atom is -0.496 e. The van der Waals surface area contributed by atoms with Crippen molar-refractivity contribution in [2.75, 3.05) is 13.7 Å². The number of carbonyl (C=O) groups is 1. The lowest BCUT2D eigenvalue weighted by atomic mass is 9.91. The molecule has 3 aromatic rings. The molecule has 1 aromatic heterocycles. The van der Waals surface area contributed by atoms with E-state index >= 15 is 0 Å². The van der Waals surface area contributed by atoms with E-state index in [9.17, 15) is 23.1 Å². The summed E-state index contributed by atoms with van der Waals surface area (Å²) in [6, 6.07) is 9.81. The number of H-pyrrole nitrogens is 1. The Labute approximate surface area is 188 Å². The molecule has 1 aliphatic rings. The van der Waals surface area contributed by atoms with Crippen LogP contribution in [0.1, 0.15) is 45.9 Å². The number of nitrogens with one attached hydrogen (secondary N) is 1. The van der Waals surface area contributed by atoms with Crippen molar-refractivity contribution in [2.24, 2.45) is 0 Å². The van der Waals surface area contributed by atoms with Gasteiger partial charge >= 0.3 is 12.3 Å². The number of aromatic nitrogens is 1. The zero-order chi connectivity index (χ0) is 23.8. The van der Waals surface area contributed by atoms with E-state index in [2.05, 4.69) is 14.6 Å². The zero-order valence-electron chi connectivity index (χ0n) is 18.3. The molecule has 0 spiro atoms. The van der Waals surface area contributed by atoms with Gasteiger partial charge in [-0.3, -0.25) is 9.64 Å². The van der Waals surface area contributed by atoms with Gasteiger partial charge in [0, 0.05) is 41.8 Å². The number of ether oxygens (including phenoxy) is 2. The predicted molar refractivity (Wildman–Crippen MR) is 116 cm³/mol. The van der Waals surface area contributed by atoms with E-state index in [0.29, 0.717) is 18.8 Å². The maximum absolute atomic E-state index is 12.9. The second-order valence-electron chi connectivity index (χ2n) is 8.26. The molecular weight excluding hydrogens is 437 g/mol. The van der Waals surface area contributed by atoms with Gasteiger partial charge in [-0.15, -0.1) is 13.2 Å². The first-order valence-electron chi connectivity index (χ1n) is 10.6. The van der Waals surface area contributed by atoms with E-state index in [-0.39, 0.29) is 24.4 Å². The summed E-state index contributed by atoms with van der Waals surface area (Å²) in [5, 5.41) is 10.2. The highest BCUT2D eigenvalue weighted by atomic mass is 19.4. The van der Waals surface area contributed by atoms with Crippen LogP contribution in [-0.4, -0.2) is 47.1 Å². The van der Waals surface area contributed by atoms with Crippen LogP contribution in [0.4, 0.5) is 13.2 Å². The molecule has 6 nitrogen and oxygen atoms in total. The average molecular weight is 462 g/mol. The molecule has 0 aliphatic carbocycles. The maximum atomic E-state index is 12.9.